The molecule has 122 valence electrons. The summed E-state index contributed by atoms with van der Waals surface area (Å²) in [5, 5.41) is 0.746. The molecule has 0 aliphatic carbocycles. The van der Waals surface area contributed by atoms with Crippen molar-refractivity contribution in [2.45, 2.75) is 0 Å². The maximum Gasteiger partial charge on any atom is 0.256 e. The van der Waals surface area contributed by atoms with Gasteiger partial charge in [0.1, 0.15) is 17.3 Å². The van der Waals surface area contributed by atoms with E-state index in [9.17, 15) is 13.6 Å². The highest BCUT2D eigenvalue weighted by atomic mass is 19.1. The zero-order valence-electron chi connectivity index (χ0n) is 13.1. The van der Waals surface area contributed by atoms with Gasteiger partial charge in [-0.1, -0.05) is 54.6 Å². The summed E-state index contributed by atoms with van der Waals surface area (Å²) in [5.41, 5.74) is 1.22. The van der Waals surface area contributed by atoms with E-state index < -0.39 is 17.2 Å². The van der Waals surface area contributed by atoms with E-state index in [1.807, 2.05) is 42.5 Å². The second-order valence-electron chi connectivity index (χ2n) is 5.69. The summed E-state index contributed by atoms with van der Waals surface area (Å²) in [5.74, 6) is -1.56. The van der Waals surface area contributed by atoms with Crippen LogP contribution in [0.3, 0.4) is 0 Å². The van der Waals surface area contributed by atoms with E-state index in [2.05, 4.69) is 0 Å². The molecule has 0 fully saturated rings. The van der Waals surface area contributed by atoms with Gasteiger partial charge in [-0.25, -0.2) is 8.78 Å². The van der Waals surface area contributed by atoms with Gasteiger partial charge in [0.25, 0.3) is 5.56 Å². The van der Waals surface area contributed by atoms with Gasteiger partial charge in [-0.05, 0) is 29.3 Å². The van der Waals surface area contributed by atoms with Crippen LogP contribution in [-0.4, -0.2) is 4.57 Å². The quantitative estimate of drug-likeness (QED) is 0.509. The van der Waals surface area contributed by atoms with Gasteiger partial charge < -0.3 is 0 Å². The normalized spacial score (nSPS) is 11.0. The molecule has 4 rings (SSSR count). The van der Waals surface area contributed by atoms with Gasteiger partial charge in [0.05, 0.1) is 5.52 Å². The lowest BCUT2D eigenvalue weighted by atomic mass is 10.0. The van der Waals surface area contributed by atoms with Gasteiger partial charge in [-0.2, -0.15) is 0 Å². The Hall–Kier alpha value is -3.27. The molecule has 2 nitrogen and oxygen atoms in total. The van der Waals surface area contributed by atoms with Crippen LogP contribution in [0.1, 0.15) is 0 Å². The molecule has 0 atom stereocenters. The van der Waals surface area contributed by atoms with Crippen LogP contribution < -0.4 is 5.56 Å². The molecule has 0 spiro atoms. The number of nitrogens with zero attached hydrogens (tertiary/aromatic N) is 1. The van der Waals surface area contributed by atoms with Crippen LogP contribution in [0.4, 0.5) is 8.78 Å². The van der Waals surface area contributed by atoms with Crippen molar-refractivity contribution < 1.29 is 8.78 Å². The van der Waals surface area contributed by atoms with E-state index in [4.69, 9.17) is 0 Å². The summed E-state index contributed by atoms with van der Waals surface area (Å²) in [4.78, 5) is 12.8. The van der Waals surface area contributed by atoms with Crippen molar-refractivity contribution in [1.82, 2.24) is 4.57 Å². The van der Waals surface area contributed by atoms with Gasteiger partial charge in [0.2, 0.25) is 0 Å². The van der Waals surface area contributed by atoms with Gasteiger partial charge in [0, 0.05) is 11.5 Å². The van der Waals surface area contributed by atoms with Crippen molar-refractivity contribution in [3.05, 3.63) is 101 Å². The molecular formula is C21H13F2NO. The fraction of sp³-hybridized carbons (Fsp3) is 0. The SMILES string of the molecule is O=c1cc(-c2ccccc2)c2ccccc2n1-c1c(F)cccc1F. The first-order chi connectivity index (χ1) is 12.2. The average Bonchev–Trinajstić information content (AvgIpc) is 2.63. The molecule has 4 heteroatoms. The van der Waals surface area contributed by atoms with Gasteiger partial charge in [-0.15, -0.1) is 0 Å². The molecule has 4 aromatic rings. The van der Waals surface area contributed by atoms with Crippen molar-refractivity contribution >= 4 is 10.9 Å². The highest BCUT2D eigenvalue weighted by Crippen LogP contribution is 2.29. The lowest BCUT2D eigenvalue weighted by molar-refractivity contribution is 0.569. The summed E-state index contributed by atoms with van der Waals surface area (Å²) in [7, 11) is 0. The van der Waals surface area contributed by atoms with Crippen LogP contribution in [0.2, 0.25) is 0 Å². The maximum absolute atomic E-state index is 14.3. The average molecular weight is 333 g/mol. The minimum Gasteiger partial charge on any atom is -0.271 e. The lowest BCUT2D eigenvalue weighted by Gasteiger charge is -2.15. The molecule has 1 aromatic heterocycles. The molecule has 0 saturated carbocycles. The molecule has 0 amide bonds. The van der Waals surface area contributed by atoms with Crippen LogP contribution in [-0.2, 0) is 0 Å². The standard InChI is InChI=1S/C21H13F2NO/c22-17-10-6-11-18(23)21(17)24-19-12-5-4-9-15(19)16(13-20(24)25)14-7-2-1-3-8-14/h1-13H. The monoisotopic (exact) mass is 333 g/mol. The van der Waals surface area contributed by atoms with E-state index >= 15 is 0 Å². The second-order valence-corrected chi connectivity index (χ2v) is 5.69. The number of halogens is 2. The number of rotatable bonds is 2. The van der Waals surface area contributed by atoms with Gasteiger partial charge in [-0.3, -0.25) is 9.36 Å². The summed E-state index contributed by atoms with van der Waals surface area (Å²) in [6, 6.07) is 21.5. The summed E-state index contributed by atoms with van der Waals surface area (Å²) < 4.78 is 29.6. The summed E-state index contributed by atoms with van der Waals surface area (Å²) in [6.07, 6.45) is 0. The summed E-state index contributed by atoms with van der Waals surface area (Å²) >= 11 is 0. The van der Waals surface area contributed by atoms with Crippen LogP contribution in [0.5, 0.6) is 0 Å². The fourth-order valence-corrected chi connectivity index (χ4v) is 3.07. The van der Waals surface area contributed by atoms with Crippen molar-refractivity contribution in [3.8, 4) is 16.8 Å². The van der Waals surface area contributed by atoms with E-state index in [1.54, 1.807) is 12.1 Å². The first-order valence-corrected chi connectivity index (χ1v) is 7.81. The Morgan fingerprint density at radius 1 is 0.720 bits per heavy atom. The van der Waals surface area contributed by atoms with Crippen molar-refractivity contribution in [1.29, 1.82) is 0 Å². The number of benzene rings is 3. The van der Waals surface area contributed by atoms with Crippen molar-refractivity contribution in [2.24, 2.45) is 0 Å². The summed E-state index contributed by atoms with van der Waals surface area (Å²) in [6.45, 7) is 0. The topological polar surface area (TPSA) is 22.0 Å². The molecule has 0 N–H and O–H groups in total. The third-order valence-corrected chi connectivity index (χ3v) is 4.17. The Labute approximate surface area is 142 Å². The molecule has 0 bridgehead atoms. The minimum atomic E-state index is -0.778. The fourth-order valence-electron chi connectivity index (χ4n) is 3.07. The number of hydrogen-bond acceptors (Lipinski definition) is 1. The zero-order valence-corrected chi connectivity index (χ0v) is 13.1. The van der Waals surface area contributed by atoms with E-state index in [1.165, 1.54) is 12.1 Å². The Morgan fingerprint density at radius 3 is 2.08 bits per heavy atom. The minimum absolute atomic E-state index is 0.358. The number of aromatic nitrogens is 1. The van der Waals surface area contributed by atoms with Gasteiger partial charge >= 0.3 is 0 Å². The molecule has 0 aliphatic heterocycles. The molecule has 1 heterocycles. The molecule has 0 saturated heterocycles. The predicted molar refractivity (Wildman–Crippen MR) is 94.9 cm³/mol. The second kappa shape index (κ2) is 5.98. The molecule has 3 aromatic carbocycles. The smallest absolute Gasteiger partial charge is 0.256 e. The highest BCUT2D eigenvalue weighted by molar-refractivity contribution is 5.95. The molecule has 25 heavy (non-hydrogen) atoms. The van der Waals surface area contributed by atoms with E-state index in [0.29, 0.717) is 5.52 Å². The molecule has 0 unspecified atom stereocenters. The predicted octanol–water partition coefficient (Wildman–Crippen LogP) is 4.94. The van der Waals surface area contributed by atoms with Crippen molar-refractivity contribution in [2.75, 3.05) is 0 Å². The van der Waals surface area contributed by atoms with E-state index in [-0.39, 0.29) is 5.69 Å². The van der Waals surface area contributed by atoms with Crippen molar-refractivity contribution in [3.63, 3.8) is 0 Å². The molecule has 0 aliphatic rings. The van der Waals surface area contributed by atoms with E-state index in [0.717, 1.165) is 33.2 Å². The first kappa shape index (κ1) is 15.3. The first-order valence-electron chi connectivity index (χ1n) is 7.81. The third kappa shape index (κ3) is 2.52. The van der Waals surface area contributed by atoms with Crippen LogP contribution >= 0.6 is 0 Å². The van der Waals surface area contributed by atoms with Gasteiger partial charge in [0.15, 0.2) is 0 Å². The number of pyridine rings is 1. The lowest BCUT2D eigenvalue weighted by Crippen LogP contribution is -2.20. The number of hydrogen-bond donors (Lipinski definition) is 0. The Bertz CT molecular complexity index is 1110. The van der Waals surface area contributed by atoms with Crippen LogP contribution in [0.25, 0.3) is 27.7 Å². The molecule has 0 radical (unpaired) electrons. The number of fused-ring (bicyclic) bond motifs is 1. The largest absolute Gasteiger partial charge is 0.271 e. The highest BCUT2D eigenvalue weighted by Gasteiger charge is 2.17. The maximum atomic E-state index is 14.3. The number of para-hydroxylation sites is 2. The third-order valence-electron chi connectivity index (χ3n) is 4.17. The van der Waals surface area contributed by atoms with Crippen LogP contribution in [0.15, 0.2) is 83.7 Å². The Morgan fingerprint density at radius 2 is 1.36 bits per heavy atom. The van der Waals surface area contributed by atoms with Crippen LogP contribution in [0, 0.1) is 11.6 Å². The zero-order chi connectivity index (χ0) is 17.4. The Kier molecular flexibility index (Phi) is 3.65. The molecular weight excluding hydrogens is 320 g/mol. The Balaban J connectivity index is 2.13.